The van der Waals surface area contributed by atoms with Crippen molar-refractivity contribution in [2.24, 2.45) is 5.92 Å². The Morgan fingerprint density at radius 1 is 1.12 bits per heavy atom. The molecule has 2 aliphatic heterocycles. The van der Waals surface area contributed by atoms with Gasteiger partial charge in [0.25, 0.3) is 6.47 Å². The fraction of sp³-hybridized carbons (Fsp3) is 0.923. The van der Waals surface area contributed by atoms with E-state index in [1.165, 1.54) is 32.5 Å². The molecule has 2 aliphatic rings. The number of likely N-dealkylation sites (tertiary alicyclic amines) is 2. The molecule has 17 heavy (non-hydrogen) atoms. The van der Waals surface area contributed by atoms with Gasteiger partial charge >= 0.3 is 0 Å². The molecule has 2 rings (SSSR count). The van der Waals surface area contributed by atoms with Crippen LogP contribution in [0.4, 0.5) is 0 Å². The molecule has 2 fully saturated rings. The zero-order valence-electron chi connectivity index (χ0n) is 10.8. The SMILES string of the molecule is CN1CCC(CN2CCC(OC=O)CC2)CC1. The van der Waals surface area contributed by atoms with Crippen LogP contribution in [0.2, 0.25) is 0 Å². The molecule has 0 N–H and O–H groups in total. The minimum Gasteiger partial charge on any atom is -0.464 e. The Kier molecular flexibility index (Phi) is 4.80. The van der Waals surface area contributed by atoms with E-state index in [4.69, 9.17) is 4.74 Å². The molecule has 4 nitrogen and oxygen atoms in total. The molecule has 0 atom stereocenters. The summed E-state index contributed by atoms with van der Waals surface area (Å²) in [7, 11) is 2.21. The second-order valence-corrected chi connectivity index (χ2v) is 5.48. The first kappa shape index (κ1) is 12.8. The lowest BCUT2D eigenvalue weighted by molar-refractivity contribution is -0.135. The molecule has 98 valence electrons. The Balaban J connectivity index is 1.66. The van der Waals surface area contributed by atoms with E-state index < -0.39 is 0 Å². The molecule has 4 heteroatoms. The van der Waals surface area contributed by atoms with E-state index in [0.717, 1.165) is 31.8 Å². The Morgan fingerprint density at radius 2 is 1.76 bits per heavy atom. The quantitative estimate of drug-likeness (QED) is 0.685. The first-order valence-electron chi connectivity index (χ1n) is 6.78. The fourth-order valence-electron chi connectivity index (χ4n) is 2.92. The van der Waals surface area contributed by atoms with Crippen molar-refractivity contribution in [3.05, 3.63) is 0 Å². The van der Waals surface area contributed by atoms with Gasteiger partial charge in [-0.3, -0.25) is 4.79 Å². The minimum absolute atomic E-state index is 0.168. The Bertz CT molecular complexity index is 232. The molecule has 0 saturated carbocycles. The Labute approximate surface area is 104 Å². The summed E-state index contributed by atoms with van der Waals surface area (Å²) < 4.78 is 5.02. The molecule has 0 aromatic heterocycles. The number of carbonyl (C=O) groups is 1. The fourth-order valence-corrected chi connectivity index (χ4v) is 2.92. The normalized spacial score (nSPS) is 25.9. The van der Waals surface area contributed by atoms with Gasteiger partial charge in [0.15, 0.2) is 0 Å². The molecular formula is C13H24N2O2. The summed E-state index contributed by atoms with van der Waals surface area (Å²) in [6.45, 7) is 6.50. The molecule has 0 bridgehead atoms. The number of ether oxygens (including phenoxy) is 1. The zero-order chi connectivity index (χ0) is 12.1. The summed E-state index contributed by atoms with van der Waals surface area (Å²) in [5, 5.41) is 0. The number of rotatable bonds is 4. The topological polar surface area (TPSA) is 32.8 Å². The van der Waals surface area contributed by atoms with Gasteiger partial charge in [-0.2, -0.15) is 0 Å². The highest BCUT2D eigenvalue weighted by atomic mass is 16.5. The van der Waals surface area contributed by atoms with Crippen LogP contribution in [0.15, 0.2) is 0 Å². The number of piperidine rings is 2. The molecule has 0 aromatic carbocycles. The summed E-state index contributed by atoms with van der Waals surface area (Å²) in [6.07, 6.45) is 4.85. The average molecular weight is 240 g/mol. The predicted octanol–water partition coefficient (Wildman–Crippen LogP) is 0.966. The predicted molar refractivity (Wildman–Crippen MR) is 66.8 cm³/mol. The van der Waals surface area contributed by atoms with Crippen LogP contribution < -0.4 is 0 Å². The molecular weight excluding hydrogens is 216 g/mol. The van der Waals surface area contributed by atoms with Crippen LogP contribution in [0.25, 0.3) is 0 Å². The average Bonchev–Trinajstić information content (AvgIpc) is 2.35. The molecule has 0 amide bonds. The maximum absolute atomic E-state index is 10.3. The van der Waals surface area contributed by atoms with Crippen molar-refractivity contribution in [1.29, 1.82) is 0 Å². The standard InChI is InChI=1S/C13H24N2O2/c1-14-6-2-12(3-7-14)10-15-8-4-13(5-9-15)17-11-16/h11-13H,2-10H2,1H3. The van der Waals surface area contributed by atoms with Gasteiger partial charge < -0.3 is 14.5 Å². The summed E-state index contributed by atoms with van der Waals surface area (Å²) in [5.74, 6) is 0.870. The smallest absolute Gasteiger partial charge is 0.293 e. The van der Waals surface area contributed by atoms with Crippen molar-refractivity contribution in [2.45, 2.75) is 31.8 Å². The van der Waals surface area contributed by atoms with Gasteiger partial charge in [-0.25, -0.2) is 0 Å². The monoisotopic (exact) mass is 240 g/mol. The van der Waals surface area contributed by atoms with E-state index in [0.29, 0.717) is 6.47 Å². The highest BCUT2D eigenvalue weighted by molar-refractivity contribution is 5.37. The first-order chi connectivity index (χ1) is 8.28. The lowest BCUT2D eigenvalue weighted by Gasteiger charge is -2.36. The van der Waals surface area contributed by atoms with Crippen LogP contribution in [-0.2, 0) is 9.53 Å². The Hall–Kier alpha value is -0.610. The summed E-state index contributed by atoms with van der Waals surface area (Å²) in [4.78, 5) is 15.2. The molecule has 0 unspecified atom stereocenters. The molecule has 0 radical (unpaired) electrons. The third-order valence-electron chi connectivity index (χ3n) is 4.14. The highest BCUT2D eigenvalue weighted by Gasteiger charge is 2.24. The van der Waals surface area contributed by atoms with Gasteiger partial charge in [0.05, 0.1) is 0 Å². The van der Waals surface area contributed by atoms with E-state index in [2.05, 4.69) is 16.8 Å². The van der Waals surface area contributed by atoms with Crippen molar-refractivity contribution >= 4 is 6.47 Å². The summed E-state index contributed by atoms with van der Waals surface area (Å²) in [5.41, 5.74) is 0. The van der Waals surface area contributed by atoms with Gasteiger partial charge in [-0.05, 0) is 51.7 Å². The van der Waals surface area contributed by atoms with E-state index in [9.17, 15) is 4.79 Å². The van der Waals surface area contributed by atoms with Gasteiger partial charge in [0, 0.05) is 19.6 Å². The van der Waals surface area contributed by atoms with Gasteiger partial charge in [-0.1, -0.05) is 0 Å². The highest BCUT2D eigenvalue weighted by Crippen LogP contribution is 2.20. The van der Waals surface area contributed by atoms with Crippen molar-refractivity contribution in [3.63, 3.8) is 0 Å². The maximum Gasteiger partial charge on any atom is 0.293 e. The van der Waals surface area contributed by atoms with Gasteiger partial charge in [0.1, 0.15) is 6.10 Å². The third kappa shape index (κ3) is 3.96. The molecule has 0 aromatic rings. The first-order valence-corrected chi connectivity index (χ1v) is 6.78. The van der Waals surface area contributed by atoms with Crippen LogP contribution in [0.3, 0.4) is 0 Å². The molecule has 0 spiro atoms. The lowest BCUT2D eigenvalue weighted by atomic mass is 9.95. The minimum atomic E-state index is 0.168. The van der Waals surface area contributed by atoms with Gasteiger partial charge in [-0.15, -0.1) is 0 Å². The maximum atomic E-state index is 10.3. The second kappa shape index (κ2) is 6.36. The zero-order valence-corrected chi connectivity index (χ0v) is 10.8. The van der Waals surface area contributed by atoms with Crippen molar-refractivity contribution in [3.8, 4) is 0 Å². The second-order valence-electron chi connectivity index (χ2n) is 5.48. The van der Waals surface area contributed by atoms with E-state index >= 15 is 0 Å². The Morgan fingerprint density at radius 3 is 2.35 bits per heavy atom. The number of hydrogen-bond donors (Lipinski definition) is 0. The molecule has 0 aliphatic carbocycles. The summed E-state index contributed by atoms with van der Waals surface area (Å²) in [6, 6.07) is 0. The summed E-state index contributed by atoms with van der Waals surface area (Å²) >= 11 is 0. The number of nitrogens with zero attached hydrogens (tertiary/aromatic N) is 2. The molecule has 2 heterocycles. The molecule has 2 saturated heterocycles. The largest absolute Gasteiger partial charge is 0.464 e. The van der Waals surface area contributed by atoms with E-state index in [-0.39, 0.29) is 6.10 Å². The van der Waals surface area contributed by atoms with Crippen LogP contribution in [-0.4, -0.2) is 62.1 Å². The third-order valence-corrected chi connectivity index (χ3v) is 4.14. The van der Waals surface area contributed by atoms with Crippen LogP contribution in [0.5, 0.6) is 0 Å². The lowest BCUT2D eigenvalue weighted by Crippen LogP contribution is -2.42. The van der Waals surface area contributed by atoms with Crippen LogP contribution in [0, 0.1) is 5.92 Å². The van der Waals surface area contributed by atoms with E-state index in [1.807, 2.05) is 0 Å². The van der Waals surface area contributed by atoms with Crippen LogP contribution in [0.1, 0.15) is 25.7 Å². The number of carbonyl (C=O) groups excluding carboxylic acids is 1. The number of hydrogen-bond acceptors (Lipinski definition) is 4. The van der Waals surface area contributed by atoms with E-state index in [1.54, 1.807) is 0 Å². The van der Waals surface area contributed by atoms with Crippen molar-refractivity contribution < 1.29 is 9.53 Å². The van der Waals surface area contributed by atoms with Gasteiger partial charge in [0.2, 0.25) is 0 Å². The van der Waals surface area contributed by atoms with Crippen molar-refractivity contribution in [2.75, 3.05) is 39.8 Å². The van der Waals surface area contributed by atoms with Crippen molar-refractivity contribution in [1.82, 2.24) is 9.80 Å². The van der Waals surface area contributed by atoms with Crippen LogP contribution >= 0.6 is 0 Å².